The Morgan fingerprint density at radius 3 is 2.81 bits per heavy atom. The van der Waals surface area contributed by atoms with Crippen LogP contribution in [0.4, 0.5) is 5.69 Å². The Kier molecular flexibility index (Phi) is 3.52. The SMILES string of the molecule is CC(C)(C)NSc1cc(Br)c2c(c1)CCN2. The molecule has 0 fully saturated rings. The second-order valence-corrected chi connectivity index (χ2v) is 6.80. The van der Waals surface area contributed by atoms with Crippen LogP contribution in [0.3, 0.4) is 0 Å². The molecule has 0 atom stereocenters. The second-order valence-electron chi connectivity index (χ2n) is 5.07. The Morgan fingerprint density at radius 2 is 2.12 bits per heavy atom. The number of rotatable bonds is 2. The highest BCUT2D eigenvalue weighted by Crippen LogP contribution is 2.35. The monoisotopic (exact) mass is 300 g/mol. The maximum Gasteiger partial charge on any atom is 0.0518 e. The van der Waals surface area contributed by atoms with Gasteiger partial charge in [0.05, 0.1) is 5.69 Å². The highest BCUT2D eigenvalue weighted by Gasteiger charge is 2.16. The van der Waals surface area contributed by atoms with E-state index in [0.29, 0.717) is 0 Å². The number of fused-ring (bicyclic) bond motifs is 1. The summed E-state index contributed by atoms with van der Waals surface area (Å²) in [4.78, 5) is 1.27. The molecule has 0 saturated heterocycles. The lowest BCUT2D eigenvalue weighted by molar-refractivity contribution is 0.535. The molecule has 1 aliphatic heterocycles. The van der Waals surface area contributed by atoms with Gasteiger partial charge in [-0.3, -0.25) is 4.72 Å². The number of halogens is 1. The van der Waals surface area contributed by atoms with Gasteiger partial charge in [0.25, 0.3) is 0 Å². The summed E-state index contributed by atoms with van der Waals surface area (Å²) in [6.45, 7) is 7.56. The van der Waals surface area contributed by atoms with E-state index < -0.39 is 0 Å². The molecule has 0 bridgehead atoms. The van der Waals surface area contributed by atoms with Crippen LogP contribution in [0, 0.1) is 0 Å². The summed E-state index contributed by atoms with van der Waals surface area (Å²) in [5, 5.41) is 3.39. The first-order chi connectivity index (χ1) is 7.46. The topological polar surface area (TPSA) is 24.1 Å². The fourth-order valence-electron chi connectivity index (χ4n) is 1.62. The minimum absolute atomic E-state index is 0.133. The van der Waals surface area contributed by atoms with Crippen LogP contribution >= 0.6 is 27.9 Å². The van der Waals surface area contributed by atoms with Gasteiger partial charge in [0.15, 0.2) is 0 Å². The maximum absolute atomic E-state index is 3.61. The summed E-state index contributed by atoms with van der Waals surface area (Å²) in [5.41, 5.74) is 2.81. The standard InChI is InChI=1S/C12H17BrN2S/c1-12(2,3)15-16-9-6-8-4-5-14-11(8)10(13)7-9/h6-7,14-15H,4-5H2,1-3H3. The lowest BCUT2D eigenvalue weighted by Gasteiger charge is -2.19. The predicted octanol–water partition coefficient (Wildman–Crippen LogP) is 3.81. The minimum atomic E-state index is 0.133. The molecule has 2 rings (SSSR count). The lowest BCUT2D eigenvalue weighted by atomic mass is 10.1. The van der Waals surface area contributed by atoms with Crippen LogP contribution in [-0.2, 0) is 6.42 Å². The molecule has 1 aliphatic rings. The molecule has 0 aliphatic carbocycles. The summed E-state index contributed by atoms with van der Waals surface area (Å²) in [6.07, 6.45) is 1.12. The Bertz CT molecular complexity index is 399. The zero-order chi connectivity index (χ0) is 11.8. The van der Waals surface area contributed by atoms with Gasteiger partial charge >= 0.3 is 0 Å². The molecule has 16 heavy (non-hydrogen) atoms. The molecule has 1 aromatic rings. The van der Waals surface area contributed by atoms with Gasteiger partial charge in [0.1, 0.15) is 0 Å². The van der Waals surface area contributed by atoms with Gasteiger partial charge < -0.3 is 5.32 Å². The van der Waals surface area contributed by atoms with Crippen LogP contribution in [-0.4, -0.2) is 12.1 Å². The second kappa shape index (κ2) is 4.59. The Morgan fingerprint density at radius 1 is 1.38 bits per heavy atom. The predicted molar refractivity (Wildman–Crippen MR) is 75.1 cm³/mol. The Hall–Kier alpha value is -0.190. The van der Waals surface area contributed by atoms with Gasteiger partial charge in [-0.05, 0) is 72.8 Å². The smallest absolute Gasteiger partial charge is 0.0518 e. The molecule has 4 heteroatoms. The van der Waals surface area contributed by atoms with Crippen molar-refractivity contribution in [2.24, 2.45) is 0 Å². The molecule has 88 valence electrons. The largest absolute Gasteiger partial charge is 0.384 e. The van der Waals surface area contributed by atoms with Gasteiger partial charge in [-0.25, -0.2) is 0 Å². The van der Waals surface area contributed by atoms with Crippen LogP contribution in [0.5, 0.6) is 0 Å². The first-order valence-corrected chi connectivity index (χ1v) is 7.07. The fraction of sp³-hybridized carbons (Fsp3) is 0.500. The molecule has 1 heterocycles. The average Bonchev–Trinajstić information content (AvgIpc) is 2.62. The van der Waals surface area contributed by atoms with Crippen molar-refractivity contribution in [3.8, 4) is 0 Å². The van der Waals surface area contributed by atoms with Crippen molar-refractivity contribution in [2.75, 3.05) is 11.9 Å². The summed E-state index contributed by atoms with van der Waals surface area (Å²) < 4.78 is 4.60. The summed E-state index contributed by atoms with van der Waals surface area (Å²) in [6, 6.07) is 4.43. The molecule has 0 unspecified atom stereocenters. The van der Waals surface area contributed by atoms with E-state index in [1.165, 1.54) is 20.6 Å². The number of anilines is 1. The van der Waals surface area contributed by atoms with Crippen LogP contribution in [0.25, 0.3) is 0 Å². The third-order valence-corrected chi connectivity index (χ3v) is 4.13. The van der Waals surface area contributed by atoms with E-state index in [9.17, 15) is 0 Å². The molecule has 1 aromatic carbocycles. The van der Waals surface area contributed by atoms with Crippen molar-refractivity contribution in [1.82, 2.24) is 4.72 Å². The van der Waals surface area contributed by atoms with E-state index in [-0.39, 0.29) is 5.54 Å². The van der Waals surface area contributed by atoms with Crippen LogP contribution in [0.2, 0.25) is 0 Å². The number of hydrogen-bond donors (Lipinski definition) is 2. The van der Waals surface area contributed by atoms with Crippen LogP contribution in [0.1, 0.15) is 26.3 Å². The molecular formula is C12H17BrN2S. The first-order valence-electron chi connectivity index (χ1n) is 5.46. The van der Waals surface area contributed by atoms with Gasteiger partial charge in [0, 0.05) is 21.5 Å². The molecule has 0 spiro atoms. The zero-order valence-corrected chi connectivity index (χ0v) is 12.3. The fourth-order valence-corrected chi connectivity index (χ4v) is 3.22. The van der Waals surface area contributed by atoms with Crippen molar-refractivity contribution in [2.45, 2.75) is 37.6 Å². The summed E-state index contributed by atoms with van der Waals surface area (Å²) >= 11 is 5.31. The summed E-state index contributed by atoms with van der Waals surface area (Å²) in [7, 11) is 0. The zero-order valence-electron chi connectivity index (χ0n) is 9.86. The van der Waals surface area contributed by atoms with Crippen molar-refractivity contribution >= 4 is 33.6 Å². The molecular weight excluding hydrogens is 284 g/mol. The lowest BCUT2D eigenvalue weighted by Crippen LogP contribution is -2.29. The normalized spacial score (nSPS) is 14.8. The van der Waals surface area contributed by atoms with Gasteiger partial charge in [-0.15, -0.1) is 0 Å². The Balaban J connectivity index is 2.14. The third kappa shape index (κ3) is 2.93. The van der Waals surface area contributed by atoms with Crippen LogP contribution in [0.15, 0.2) is 21.5 Å². The van der Waals surface area contributed by atoms with E-state index in [0.717, 1.165) is 13.0 Å². The molecule has 0 saturated carbocycles. The van der Waals surface area contributed by atoms with Crippen molar-refractivity contribution in [3.05, 3.63) is 22.2 Å². The molecule has 0 amide bonds. The van der Waals surface area contributed by atoms with Crippen LogP contribution < -0.4 is 10.0 Å². The van der Waals surface area contributed by atoms with E-state index in [2.05, 4.69) is 58.9 Å². The van der Waals surface area contributed by atoms with Crippen molar-refractivity contribution in [3.63, 3.8) is 0 Å². The van der Waals surface area contributed by atoms with Gasteiger partial charge in [-0.2, -0.15) is 0 Å². The van der Waals surface area contributed by atoms with Crippen molar-refractivity contribution in [1.29, 1.82) is 0 Å². The number of nitrogens with one attached hydrogen (secondary N) is 2. The minimum Gasteiger partial charge on any atom is -0.384 e. The average molecular weight is 301 g/mol. The van der Waals surface area contributed by atoms with E-state index in [1.807, 2.05) is 0 Å². The number of hydrogen-bond acceptors (Lipinski definition) is 3. The highest BCUT2D eigenvalue weighted by molar-refractivity contribution is 9.10. The van der Waals surface area contributed by atoms with Gasteiger partial charge in [0.2, 0.25) is 0 Å². The van der Waals surface area contributed by atoms with E-state index in [1.54, 1.807) is 11.9 Å². The molecule has 2 N–H and O–H groups in total. The number of benzene rings is 1. The molecule has 0 aromatic heterocycles. The molecule has 0 radical (unpaired) electrons. The van der Waals surface area contributed by atoms with E-state index in [4.69, 9.17) is 0 Å². The molecule has 2 nitrogen and oxygen atoms in total. The summed E-state index contributed by atoms with van der Waals surface area (Å²) in [5.74, 6) is 0. The van der Waals surface area contributed by atoms with Crippen molar-refractivity contribution < 1.29 is 0 Å². The highest BCUT2D eigenvalue weighted by atomic mass is 79.9. The first kappa shape index (κ1) is 12.3. The van der Waals surface area contributed by atoms with Gasteiger partial charge in [-0.1, -0.05) is 0 Å². The maximum atomic E-state index is 3.61. The Labute approximate surface area is 110 Å². The van der Waals surface area contributed by atoms with E-state index >= 15 is 0 Å². The quantitative estimate of drug-likeness (QED) is 0.812. The third-order valence-electron chi connectivity index (χ3n) is 2.32.